The molecule has 18 heavy (non-hydrogen) atoms. The van der Waals surface area contributed by atoms with Gasteiger partial charge in [0.25, 0.3) is 0 Å². The lowest BCUT2D eigenvalue weighted by atomic mass is 10.0. The van der Waals surface area contributed by atoms with E-state index in [0.29, 0.717) is 0 Å². The van der Waals surface area contributed by atoms with Crippen LogP contribution in [-0.4, -0.2) is 32.1 Å². The molecule has 1 aliphatic heterocycles. The van der Waals surface area contributed by atoms with Gasteiger partial charge in [0, 0.05) is 12.3 Å². The SMILES string of the molecule is O=C1C[C@H](C(Cl)(Cl)Cl)[C@@H](C(=O)OCC(Cl)(Cl)Cl)N1. The van der Waals surface area contributed by atoms with Gasteiger partial charge in [0.2, 0.25) is 9.70 Å². The second-order valence-corrected chi connectivity index (χ2v) is 8.51. The molecule has 0 radical (unpaired) electrons. The molecule has 0 aromatic rings. The Bertz CT molecular complexity index is 350. The summed E-state index contributed by atoms with van der Waals surface area (Å²) < 4.78 is 1.22. The number of hydrogen-bond donors (Lipinski definition) is 1. The molecule has 0 saturated carbocycles. The summed E-state index contributed by atoms with van der Waals surface area (Å²) in [5.41, 5.74) is 0. The Hall–Kier alpha value is 0.680. The summed E-state index contributed by atoms with van der Waals surface area (Å²) in [4.78, 5) is 22.9. The quantitative estimate of drug-likeness (QED) is 0.594. The lowest BCUT2D eigenvalue weighted by molar-refractivity contribution is -0.147. The largest absolute Gasteiger partial charge is 0.460 e. The van der Waals surface area contributed by atoms with E-state index in [-0.39, 0.29) is 6.42 Å². The number of amides is 1. The van der Waals surface area contributed by atoms with E-state index >= 15 is 0 Å². The van der Waals surface area contributed by atoms with Gasteiger partial charge in [-0.25, -0.2) is 4.79 Å². The van der Waals surface area contributed by atoms with Crippen LogP contribution in [0.5, 0.6) is 0 Å². The van der Waals surface area contributed by atoms with E-state index < -0.39 is 38.0 Å². The fraction of sp³-hybridized carbons (Fsp3) is 0.750. The monoisotopic (exact) mass is 375 g/mol. The van der Waals surface area contributed by atoms with Crippen molar-refractivity contribution in [2.45, 2.75) is 20.0 Å². The number of nitrogens with one attached hydrogen (secondary N) is 1. The van der Waals surface area contributed by atoms with Gasteiger partial charge >= 0.3 is 5.97 Å². The molecule has 0 aromatic heterocycles. The molecule has 0 spiro atoms. The maximum Gasteiger partial charge on any atom is 0.329 e. The fourth-order valence-electron chi connectivity index (χ4n) is 1.42. The zero-order valence-corrected chi connectivity index (χ0v) is 13.1. The molecule has 4 nitrogen and oxygen atoms in total. The molecule has 0 aliphatic carbocycles. The highest BCUT2D eigenvalue weighted by Gasteiger charge is 2.49. The van der Waals surface area contributed by atoms with Crippen LogP contribution in [-0.2, 0) is 14.3 Å². The van der Waals surface area contributed by atoms with Crippen molar-refractivity contribution >= 4 is 81.5 Å². The lowest BCUT2D eigenvalue weighted by Crippen LogP contribution is -2.43. The number of hydrogen-bond acceptors (Lipinski definition) is 3. The number of ether oxygens (including phenoxy) is 1. The number of carbonyl (C=O) groups excluding carboxylic acids is 2. The molecule has 1 N–H and O–H groups in total. The van der Waals surface area contributed by atoms with Crippen molar-refractivity contribution in [2.75, 3.05) is 6.61 Å². The van der Waals surface area contributed by atoms with Gasteiger partial charge in [0.05, 0.1) is 0 Å². The van der Waals surface area contributed by atoms with Crippen molar-refractivity contribution in [1.29, 1.82) is 0 Å². The Morgan fingerprint density at radius 3 is 2.28 bits per heavy atom. The first-order valence-corrected chi connectivity index (χ1v) is 6.87. The third-order valence-electron chi connectivity index (χ3n) is 2.18. The van der Waals surface area contributed by atoms with Gasteiger partial charge in [0.15, 0.2) is 3.79 Å². The number of carbonyl (C=O) groups is 2. The molecule has 1 aliphatic rings. The molecule has 1 rings (SSSR count). The average Bonchev–Trinajstić information content (AvgIpc) is 2.55. The van der Waals surface area contributed by atoms with Gasteiger partial charge in [-0.3, -0.25) is 4.79 Å². The lowest BCUT2D eigenvalue weighted by Gasteiger charge is -2.24. The zero-order valence-electron chi connectivity index (χ0n) is 8.56. The second kappa shape index (κ2) is 5.98. The van der Waals surface area contributed by atoms with E-state index in [0.717, 1.165) is 0 Å². The highest BCUT2D eigenvalue weighted by atomic mass is 35.6. The van der Waals surface area contributed by atoms with E-state index in [4.69, 9.17) is 74.3 Å². The molecular weight excluding hydrogens is 371 g/mol. The van der Waals surface area contributed by atoms with Crippen molar-refractivity contribution in [2.24, 2.45) is 5.92 Å². The van der Waals surface area contributed by atoms with Crippen LogP contribution < -0.4 is 5.32 Å². The number of esters is 1. The predicted octanol–water partition coefficient (Wildman–Crippen LogP) is 2.77. The zero-order chi connectivity index (χ0) is 14.1. The van der Waals surface area contributed by atoms with Crippen molar-refractivity contribution in [3.8, 4) is 0 Å². The van der Waals surface area contributed by atoms with Gasteiger partial charge < -0.3 is 10.1 Å². The topological polar surface area (TPSA) is 55.4 Å². The molecule has 1 amide bonds. The molecule has 0 aromatic carbocycles. The summed E-state index contributed by atoms with van der Waals surface area (Å²) in [6.45, 7) is -0.463. The van der Waals surface area contributed by atoms with Crippen LogP contribution in [0.3, 0.4) is 0 Å². The first-order chi connectivity index (χ1) is 8.00. The van der Waals surface area contributed by atoms with E-state index in [9.17, 15) is 9.59 Å². The molecular formula is C8H7Cl6NO3. The van der Waals surface area contributed by atoms with Gasteiger partial charge in [-0.15, -0.1) is 0 Å². The molecule has 0 unspecified atom stereocenters. The second-order valence-electron chi connectivity index (χ2n) is 3.62. The van der Waals surface area contributed by atoms with Crippen LogP contribution in [0.1, 0.15) is 6.42 Å². The van der Waals surface area contributed by atoms with E-state index in [1.807, 2.05) is 0 Å². The van der Waals surface area contributed by atoms with Gasteiger partial charge in [-0.2, -0.15) is 0 Å². The van der Waals surface area contributed by atoms with Crippen LogP contribution in [0, 0.1) is 5.92 Å². The van der Waals surface area contributed by atoms with Crippen LogP contribution in [0.25, 0.3) is 0 Å². The van der Waals surface area contributed by atoms with Gasteiger partial charge in [-0.1, -0.05) is 69.6 Å². The van der Waals surface area contributed by atoms with Crippen LogP contribution in [0.4, 0.5) is 0 Å². The molecule has 1 saturated heterocycles. The minimum Gasteiger partial charge on any atom is -0.460 e. The summed E-state index contributed by atoms with van der Waals surface area (Å²) in [6, 6.07) is -1.07. The summed E-state index contributed by atoms with van der Waals surface area (Å²) >= 11 is 33.3. The smallest absolute Gasteiger partial charge is 0.329 e. The molecule has 1 heterocycles. The summed E-state index contributed by atoms with van der Waals surface area (Å²) in [6.07, 6.45) is -0.0932. The maximum absolute atomic E-state index is 11.7. The Balaban J connectivity index is 2.69. The minimum absolute atomic E-state index is 0.0932. The number of rotatable bonds is 2. The minimum atomic E-state index is -1.77. The predicted molar refractivity (Wildman–Crippen MR) is 71.6 cm³/mol. The van der Waals surface area contributed by atoms with Crippen LogP contribution in [0.2, 0.25) is 0 Å². The normalized spacial score (nSPS) is 24.9. The third kappa shape index (κ3) is 4.99. The maximum atomic E-state index is 11.7. The summed E-state index contributed by atoms with van der Waals surface area (Å²) in [5, 5.41) is 2.35. The van der Waals surface area contributed by atoms with Crippen LogP contribution in [0.15, 0.2) is 0 Å². The Kier molecular flexibility index (Phi) is 5.56. The average molecular weight is 378 g/mol. The first kappa shape index (κ1) is 16.7. The highest BCUT2D eigenvalue weighted by Crippen LogP contribution is 2.41. The van der Waals surface area contributed by atoms with Gasteiger partial charge in [-0.05, 0) is 0 Å². The summed E-state index contributed by atoms with van der Waals surface area (Å²) in [5.74, 6) is -2.07. The van der Waals surface area contributed by atoms with E-state index in [2.05, 4.69) is 5.32 Å². The fourth-order valence-corrected chi connectivity index (χ4v) is 2.19. The van der Waals surface area contributed by atoms with Crippen molar-refractivity contribution in [1.82, 2.24) is 5.32 Å². The Labute approximate surface area is 133 Å². The van der Waals surface area contributed by atoms with Crippen molar-refractivity contribution < 1.29 is 14.3 Å². The molecule has 10 heteroatoms. The molecule has 2 atom stereocenters. The third-order valence-corrected chi connectivity index (χ3v) is 3.34. The van der Waals surface area contributed by atoms with Crippen molar-refractivity contribution in [3.63, 3.8) is 0 Å². The Morgan fingerprint density at radius 1 is 1.28 bits per heavy atom. The molecule has 0 bridgehead atoms. The summed E-state index contributed by atoms with van der Waals surface area (Å²) in [7, 11) is 0. The number of halogens is 6. The molecule has 1 fully saturated rings. The van der Waals surface area contributed by atoms with E-state index in [1.165, 1.54) is 0 Å². The van der Waals surface area contributed by atoms with Crippen molar-refractivity contribution in [3.05, 3.63) is 0 Å². The van der Waals surface area contributed by atoms with Crippen LogP contribution >= 0.6 is 69.6 Å². The van der Waals surface area contributed by atoms with Gasteiger partial charge in [0.1, 0.15) is 12.6 Å². The van der Waals surface area contributed by atoms with E-state index in [1.54, 1.807) is 0 Å². The molecule has 104 valence electrons. The Morgan fingerprint density at radius 2 is 1.83 bits per heavy atom. The number of alkyl halides is 6. The first-order valence-electron chi connectivity index (χ1n) is 4.60. The highest BCUT2D eigenvalue weighted by molar-refractivity contribution is 6.68. The standard InChI is InChI=1S/C8H7Cl6NO3/c9-7(10,11)2-18-6(17)5-3(8(12,13)14)1-4(16)15-5/h3,5H,1-2H2,(H,15,16)/t3-,5-/m0/s1.